The highest BCUT2D eigenvalue weighted by Gasteiger charge is 2.29. The minimum Gasteiger partial charge on any atom is -0.340 e. The summed E-state index contributed by atoms with van der Waals surface area (Å²) in [6, 6.07) is 22.3. The molecule has 6 nitrogen and oxygen atoms in total. The van der Waals surface area contributed by atoms with E-state index in [0.29, 0.717) is 0 Å². The van der Waals surface area contributed by atoms with E-state index in [0.717, 1.165) is 60.2 Å². The first kappa shape index (κ1) is 19.3. The smallest absolute Gasteiger partial charge is 0.148 e. The molecule has 1 aliphatic heterocycles. The van der Waals surface area contributed by atoms with Crippen molar-refractivity contribution in [3.63, 3.8) is 0 Å². The third kappa shape index (κ3) is 4.59. The summed E-state index contributed by atoms with van der Waals surface area (Å²) in [6.07, 6.45) is 7.61. The van der Waals surface area contributed by atoms with Gasteiger partial charge in [-0.1, -0.05) is 24.3 Å². The van der Waals surface area contributed by atoms with Gasteiger partial charge in [0.1, 0.15) is 11.6 Å². The van der Waals surface area contributed by atoms with Crippen LogP contribution in [0.1, 0.15) is 30.4 Å². The summed E-state index contributed by atoms with van der Waals surface area (Å²) in [5.74, 6) is 1.65. The lowest BCUT2D eigenvalue weighted by atomic mass is 10.1. The second-order valence-corrected chi connectivity index (χ2v) is 7.67. The maximum Gasteiger partial charge on any atom is 0.148 e. The number of para-hydroxylation sites is 1. The van der Waals surface area contributed by atoms with Gasteiger partial charge < -0.3 is 5.32 Å². The molecule has 154 valence electrons. The van der Waals surface area contributed by atoms with Crippen LogP contribution in [-0.4, -0.2) is 31.4 Å². The highest BCUT2D eigenvalue weighted by atomic mass is 15.2. The second-order valence-electron chi connectivity index (χ2n) is 7.67. The third-order valence-corrected chi connectivity index (χ3v) is 5.52. The van der Waals surface area contributed by atoms with Crippen molar-refractivity contribution in [1.29, 1.82) is 0 Å². The van der Waals surface area contributed by atoms with E-state index in [2.05, 4.69) is 26.3 Å². The van der Waals surface area contributed by atoms with E-state index < -0.39 is 0 Å². The third-order valence-electron chi connectivity index (χ3n) is 5.52. The Morgan fingerprint density at radius 3 is 2.55 bits per heavy atom. The minimum absolute atomic E-state index is 0.167. The SMILES string of the molecule is c1ccc(Nc2cc(-c3ccncc3)nc([C@H]3CCCN3Cc3ccccn3)n2)cc1. The molecular weight excluding hydrogens is 384 g/mol. The fourth-order valence-corrected chi connectivity index (χ4v) is 4.03. The molecule has 4 heterocycles. The van der Waals surface area contributed by atoms with Gasteiger partial charge in [-0.3, -0.25) is 14.9 Å². The van der Waals surface area contributed by atoms with E-state index >= 15 is 0 Å². The molecule has 0 spiro atoms. The Hall–Kier alpha value is -3.64. The number of likely N-dealkylation sites (tertiary alicyclic amines) is 1. The van der Waals surface area contributed by atoms with Crippen LogP contribution in [0.3, 0.4) is 0 Å². The zero-order chi connectivity index (χ0) is 20.9. The number of anilines is 2. The van der Waals surface area contributed by atoms with E-state index in [1.54, 1.807) is 12.4 Å². The number of benzene rings is 1. The Morgan fingerprint density at radius 2 is 1.74 bits per heavy atom. The van der Waals surface area contributed by atoms with E-state index in [1.807, 2.05) is 66.9 Å². The van der Waals surface area contributed by atoms with Gasteiger partial charge in [0.15, 0.2) is 0 Å². The number of aromatic nitrogens is 4. The van der Waals surface area contributed by atoms with Crippen LogP contribution >= 0.6 is 0 Å². The van der Waals surface area contributed by atoms with E-state index in [-0.39, 0.29) is 6.04 Å². The molecule has 3 aromatic heterocycles. The van der Waals surface area contributed by atoms with Crippen molar-refractivity contribution in [3.8, 4) is 11.3 Å². The molecule has 1 N–H and O–H groups in total. The first-order valence-corrected chi connectivity index (χ1v) is 10.6. The van der Waals surface area contributed by atoms with Crippen molar-refractivity contribution in [3.05, 3.63) is 96.8 Å². The Morgan fingerprint density at radius 1 is 0.903 bits per heavy atom. The van der Waals surface area contributed by atoms with Crippen molar-refractivity contribution >= 4 is 11.5 Å². The lowest BCUT2D eigenvalue weighted by molar-refractivity contribution is 0.237. The second kappa shape index (κ2) is 9.02. The Bertz CT molecular complexity index is 1120. The van der Waals surface area contributed by atoms with Gasteiger partial charge in [0, 0.05) is 42.5 Å². The number of hydrogen-bond donors (Lipinski definition) is 1. The number of hydrogen-bond acceptors (Lipinski definition) is 6. The standard InChI is InChI=1S/C25H24N6/c1-2-7-20(8-3-1)28-24-17-22(19-11-14-26-15-12-19)29-25(30-24)23-10-6-16-31(23)18-21-9-4-5-13-27-21/h1-5,7-9,11-15,17,23H,6,10,16,18H2,(H,28,29,30)/t23-/m1/s1. The first-order valence-electron chi connectivity index (χ1n) is 10.6. The lowest BCUT2D eigenvalue weighted by Gasteiger charge is -2.24. The summed E-state index contributed by atoms with van der Waals surface area (Å²) in [5.41, 5.74) is 4.01. The van der Waals surface area contributed by atoms with Crippen LogP contribution in [-0.2, 0) is 6.54 Å². The molecule has 4 aromatic rings. The number of rotatable bonds is 6. The van der Waals surface area contributed by atoms with Crippen LogP contribution in [0.15, 0.2) is 85.3 Å². The fraction of sp³-hybridized carbons (Fsp3) is 0.200. The predicted molar refractivity (Wildman–Crippen MR) is 122 cm³/mol. The average Bonchev–Trinajstić information content (AvgIpc) is 3.29. The number of pyridine rings is 2. The van der Waals surface area contributed by atoms with Crippen LogP contribution in [0.5, 0.6) is 0 Å². The molecule has 0 radical (unpaired) electrons. The van der Waals surface area contributed by atoms with Crippen molar-refractivity contribution in [1.82, 2.24) is 24.8 Å². The Kier molecular flexibility index (Phi) is 5.62. The topological polar surface area (TPSA) is 66.8 Å². The summed E-state index contributed by atoms with van der Waals surface area (Å²) in [4.78, 5) is 21.0. The molecule has 31 heavy (non-hydrogen) atoms. The Labute approximate surface area is 182 Å². The zero-order valence-corrected chi connectivity index (χ0v) is 17.2. The van der Waals surface area contributed by atoms with Crippen molar-refractivity contribution in [2.45, 2.75) is 25.4 Å². The summed E-state index contributed by atoms with van der Waals surface area (Å²) in [6.45, 7) is 1.82. The average molecular weight is 409 g/mol. The van der Waals surface area contributed by atoms with Gasteiger partial charge in [0.25, 0.3) is 0 Å². The summed E-state index contributed by atoms with van der Waals surface area (Å²) in [7, 11) is 0. The van der Waals surface area contributed by atoms with Crippen molar-refractivity contribution in [2.24, 2.45) is 0 Å². The first-order chi connectivity index (χ1) is 15.3. The number of nitrogens with one attached hydrogen (secondary N) is 1. The van der Waals surface area contributed by atoms with Gasteiger partial charge in [-0.15, -0.1) is 0 Å². The minimum atomic E-state index is 0.167. The Balaban J connectivity index is 1.50. The van der Waals surface area contributed by atoms with Gasteiger partial charge in [-0.25, -0.2) is 9.97 Å². The largest absolute Gasteiger partial charge is 0.340 e. The molecule has 0 aliphatic carbocycles. The van der Waals surface area contributed by atoms with Crippen LogP contribution in [0.4, 0.5) is 11.5 Å². The monoisotopic (exact) mass is 408 g/mol. The highest BCUT2D eigenvalue weighted by molar-refractivity contribution is 5.65. The van der Waals surface area contributed by atoms with Crippen LogP contribution in [0, 0.1) is 0 Å². The number of nitrogens with zero attached hydrogens (tertiary/aromatic N) is 5. The molecule has 0 bridgehead atoms. The molecule has 1 fully saturated rings. The van der Waals surface area contributed by atoms with Crippen LogP contribution in [0.2, 0.25) is 0 Å². The molecular formula is C25H24N6. The quantitative estimate of drug-likeness (QED) is 0.483. The summed E-state index contributed by atoms with van der Waals surface area (Å²) < 4.78 is 0. The molecule has 1 aliphatic rings. The molecule has 5 rings (SSSR count). The van der Waals surface area contributed by atoms with Crippen molar-refractivity contribution in [2.75, 3.05) is 11.9 Å². The maximum atomic E-state index is 4.98. The molecule has 1 aromatic carbocycles. The van der Waals surface area contributed by atoms with Gasteiger partial charge in [-0.05, 0) is 55.8 Å². The molecule has 6 heteroatoms. The van der Waals surface area contributed by atoms with Crippen molar-refractivity contribution < 1.29 is 0 Å². The van der Waals surface area contributed by atoms with E-state index in [1.165, 1.54) is 0 Å². The van der Waals surface area contributed by atoms with Gasteiger partial charge in [0.2, 0.25) is 0 Å². The van der Waals surface area contributed by atoms with E-state index in [9.17, 15) is 0 Å². The van der Waals surface area contributed by atoms with Gasteiger partial charge >= 0.3 is 0 Å². The highest BCUT2D eigenvalue weighted by Crippen LogP contribution is 2.33. The van der Waals surface area contributed by atoms with Crippen LogP contribution < -0.4 is 5.32 Å². The summed E-state index contributed by atoms with van der Waals surface area (Å²) >= 11 is 0. The van der Waals surface area contributed by atoms with Gasteiger partial charge in [0.05, 0.1) is 17.4 Å². The maximum absolute atomic E-state index is 4.98. The summed E-state index contributed by atoms with van der Waals surface area (Å²) in [5, 5.41) is 3.44. The molecule has 1 saturated heterocycles. The molecule has 0 amide bonds. The lowest BCUT2D eigenvalue weighted by Crippen LogP contribution is -2.25. The molecule has 0 unspecified atom stereocenters. The molecule has 1 atom stereocenters. The molecule has 0 saturated carbocycles. The van der Waals surface area contributed by atoms with E-state index in [4.69, 9.17) is 9.97 Å². The predicted octanol–water partition coefficient (Wildman–Crippen LogP) is 5.01. The van der Waals surface area contributed by atoms with Gasteiger partial charge in [-0.2, -0.15) is 0 Å². The normalized spacial score (nSPS) is 16.3. The fourth-order valence-electron chi connectivity index (χ4n) is 4.03. The van der Waals surface area contributed by atoms with Crippen LogP contribution in [0.25, 0.3) is 11.3 Å². The zero-order valence-electron chi connectivity index (χ0n) is 17.2.